The predicted octanol–water partition coefficient (Wildman–Crippen LogP) is 6.83. The highest BCUT2D eigenvalue weighted by Gasteiger charge is 2.11. The van der Waals surface area contributed by atoms with Gasteiger partial charge in [0.05, 0.1) is 6.54 Å². The normalized spacial score (nSPS) is 10.7. The van der Waals surface area contributed by atoms with Crippen molar-refractivity contribution in [3.63, 3.8) is 0 Å². The minimum Gasteiger partial charge on any atom is -0.489 e. The molecule has 0 spiro atoms. The van der Waals surface area contributed by atoms with Crippen molar-refractivity contribution in [2.24, 2.45) is 0 Å². The number of nitrogens with zero attached hydrogens (tertiary/aromatic N) is 2. The monoisotopic (exact) mass is 529 g/mol. The van der Waals surface area contributed by atoms with Gasteiger partial charge in [-0.3, -0.25) is 9.48 Å². The van der Waals surface area contributed by atoms with Crippen molar-refractivity contribution in [3.8, 4) is 5.75 Å². The number of halogens is 3. The molecule has 4 rings (SSSR count). The van der Waals surface area contributed by atoms with E-state index in [4.69, 9.17) is 27.9 Å². The van der Waals surface area contributed by atoms with Gasteiger partial charge in [0, 0.05) is 37.9 Å². The second-order valence-electron chi connectivity index (χ2n) is 7.00. The number of carbonyl (C=O) groups excluding carboxylic acids is 1. The van der Waals surface area contributed by atoms with Crippen molar-refractivity contribution in [3.05, 3.63) is 110 Å². The van der Waals surface area contributed by atoms with Crippen LogP contribution in [0.15, 0.2) is 83.5 Å². The number of carbonyl (C=O) groups is 1. The lowest BCUT2D eigenvalue weighted by atomic mass is 10.1. The van der Waals surface area contributed by atoms with Gasteiger partial charge in [0.2, 0.25) is 0 Å². The Hall–Kier alpha value is -2.80. The van der Waals surface area contributed by atoms with Crippen LogP contribution in [0.25, 0.3) is 0 Å². The maximum Gasteiger partial charge on any atom is 0.256 e. The zero-order valence-electron chi connectivity index (χ0n) is 16.8. The van der Waals surface area contributed by atoms with Gasteiger partial charge in [0.25, 0.3) is 5.91 Å². The molecule has 0 aliphatic rings. The van der Waals surface area contributed by atoms with Crippen LogP contribution in [0.3, 0.4) is 0 Å². The quantitative estimate of drug-likeness (QED) is 0.285. The Bertz CT molecular complexity index is 1220. The highest BCUT2D eigenvalue weighted by atomic mass is 79.9. The number of rotatable bonds is 7. The first-order valence-electron chi connectivity index (χ1n) is 9.73. The molecule has 1 aromatic heterocycles. The third-order valence-corrected chi connectivity index (χ3v) is 5.91. The number of nitrogens with one attached hydrogen (secondary N) is 1. The van der Waals surface area contributed by atoms with Gasteiger partial charge in [-0.2, -0.15) is 5.10 Å². The van der Waals surface area contributed by atoms with Crippen LogP contribution in [0.2, 0.25) is 10.0 Å². The van der Waals surface area contributed by atoms with Gasteiger partial charge in [-0.15, -0.1) is 0 Å². The fraction of sp³-hybridized carbons (Fsp3) is 0.0833. The van der Waals surface area contributed by atoms with Crippen molar-refractivity contribution in [1.29, 1.82) is 0 Å². The van der Waals surface area contributed by atoms with Gasteiger partial charge in [-0.1, -0.05) is 57.3 Å². The van der Waals surface area contributed by atoms with Crippen LogP contribution in [0.5, 0.6) is 5.75 Å². The van der Waals surface area contributed by atoms with E-state index >= 15 is 0 Å². The summed E-state index contributed by atoms with van der Waals surface area (Å²) in [7, 11) is 0. The van der Waals surface area contributed by atoms with Crippen LogP contribution in [0, 0.1) is 0 Å². The fourth-order valence-corrected chi connectivity index (χ4v) is 3.83. The van der Waals surface area contributed by atoms with E-state index in [1.807, 2.05) is 36.4 Å². The highest BCUT2D eigenvalue weighted by Crippen LogP contribution is 2.25. The molecule has 0 saturated heterocycles. The molecular weight excluding hydrogens is 513 g/mol. The number of amides is 1. The predicted molar refractivity (Wildman–Crippen MR) is 131 cm³/mol. The first-order chi connectivity index (χ1) is 15.5. The molecule has 0 aliphatic heterocycles. The molecule has 0 saturated carbocycles. The van der Waals surface area contributed by atoms with E-state index in [2.05, 4.69) is 26.3 Å². The molecule has 0 bridgehead atoms. The molecular formula is C24H18BrCl2N3O2. The second-order valence-corrected chi connectivity index (χ2v) is 8.73. The molecule has 1 amide bonds. The van der Waals surface area contributed by atoms with Crippen LogP contribution in [-0.2, 0) is 13.2 Å². The summed E-state index contributed by atoms with van der Waals surface area (Å²) in [5.74, 6) is 0.943. The molecule has 1 heterocycles. The largest absolute Gasteiger partial charge is 0.489 e. The van der Waals surface area contributed by atoms with Crippen molar-refractivity contribution in [2.45, 2.75) is 13.2 Å². The summed E-state index contributed by atoms with van der Waals surface area (Å²) in [6, 6.07) is 22.0. The van der Waals surface area contributed by atoms with Crippen molar-refractivity contribution < 1.29 is 9.53 Å². The van der Waals surface area contributed by atoms with Gasteiger partial charge in [0.15, 0.2) is 5.82 Å². The Balaban J connectivity index is 1.39. The summed E-state index contributed by atoms with van der Waals surface area (Å²) in [6.45, 7) is 0.757. The summed E-state index contributed by atoms with van der Waals surface area (Å²) < 4.78 is 8.45. The molecule has 8 heteroatoms. The Morgan fingerprint density at radius 2 is 1.72 bits per heavy atom. The van der Waals surface area contributed by atoms with Gasteiger partial charge in [-0.25, -0.2) is 0 Å². The number of anilines is 1. The lowest BCUT2D eigenvalue weighted by molar-refractivity contribution is 0.102. The molecule has 162 valence electrons. The second kappa shape index (κ2) is 10.2. The Morgan fingerprint density at radius 3 is 2.47 bits per heavy atom. The average Bonchev–Trinajstić information content (AvgIpc) is 3.23. The molecule has 3 aromatic carbocycles. The van der Waals surface area contributed by atoms with E-state index < -0.39 is 0 Å². The third-order valence-electron chi connectivity index (χ3n) is 4.67. The first-order valence-corrected chi connectivity index (χ1v) is 11.3. The number of benzene rings is 3. The molecule has 0 unspecified atom stereocenters. The van der Waals surface area contributed by atoms with E-state index in [-0.39, 0.29) is 5.91 Å². The van der Waals surface area contributed by atoms with Gasteiger partial charge < -0.3 is 10.1 Å². The molecule has 0 fully saturated rings. The Morgan fingerprint density at radius 1 is 1.00 bits per heavy atom. The highest BCUT2D eigenvalue weighted by molar-refractivity contribution is 9.10. The van der Waals surface area contributed by atoms with Crippen LogP contribution in [0.1, 0.15) is 21.5 Å². The van der Waals surface area contributed by atoms with Gasteiger partial charge in [-0.05, 0) is 54.1 Å². The summed E-state index contributed by atoms with van der Waals surface area (Å²) in [4.78, 5) is 12.7. The molecule has 0 aliphatic carbocycles. The first kappa shape index (κ1) is 22.4. The van der Waals surface area contributed by atoms with Gasteiger partial charge >= 0.3 is 0 Å². The number of hydrogen-bond donors (Lipinski definition) is 1. The van der Waals surface area contributed by atoms with E-state index in [1.165, 1.54) is 0 Å². The summed E-state index contributed by atoms with van der Waals surface area (Å²) in [5.41, 5.74) is 2.18. The lowest BCUT2D eigenvalue weighted by Crippen LogP contribution is -2.13. The van der Waals surface area contributed by atoms with E-state index in [0.29, 0.717) is 34.6 Å². The lowest BCUT2D eigenvalue weighted by Gasteiger charge is -2.08. The topological polar surface area (TPSA) is 56.2 Å². The van der Waals surface area contributed by atoms with Crippen molar-refractivity contribution in [1.82, 2.24) is 9.78 Å². The molecule has 0 atom stereocenters. The van der Waals surface area contributed by atoms with Gasteiger partial charge in [0.1, 0.15) is 12.4 Å². The zero-order valence-corrected chi connectivity index (χ0v) is 19.9. The third kappa shape index (κ3) is 5.71. The van der Waals surface area contributed by atoms with Crippen molar-refractivity contribution >= 4 is 50.9 Å². The van der Waals surface area contributed by atoms with Crippen LogP contribution in [-0.4, -0.2) is 15.7 Å². The number of hydrogen-bond acceptors (Lipinski definition) is 3. The number of aromatic nitrogens is 2. The summed E-state index contributed by atoms with van der Waals surface area (Å²) in [5, 5.41) is 8.36. The zero-order chi connectivity index (χ0) is 22.5. The fourth-order valence-electron chi connectivity index (χ4n) is 3.05. The number of ether oxygens (including phenoxy) is 1. The Kier molecular flexibility index (Phi) is 7.15. The van der Waals surface area contributed by atoms with E-state index in [1.54, 1.807) is 47.3 Å². The summed E-state index contributed by atoms with van der Waals surface area (Å²) in [6.07, 6.45) is 1.76. The molecule has 0 radical (unpaired) electrons. The van der Waals surface area contributed by atoms with E-state index in [0.717, 1.165) is 21.3 Å². The maximum absolute atomic E-state index is 12.7. The molecule has 4 aromatic rings. The average molecular weight is 531 g/mol. The minimum absolute atomic E-state index is 0.253. The molecule has 32 heavy (non-hydrogen) atoms. The van der Waals surface area contributed by atoms with Crippen molar-refractivity contribution in [2.75, 3.05) is 5.32 Å². The maximum atomic E-state index is 12.7. The summed E-state index contributed by atoms with van der Waals surface area (Å²) >= 11 is 15.9. The van der Waals surface area contributed by atoms with Crippen LogP contribution < -0.4 is 10.1 Å². The van der Waals surface area contributed by atoms with E-state index in [9.17, 15) is 4.79 Å². The smallest absolute Gasteiger partial charge is 0.256 e. The van der Waals surface area contributed by atoms with Crippen LogP contribution in [0.4, 0.5) is 5.82 Å². The minimum atomic E-state index is -0.253. The SMILES string of the molecule is O=C(Nc1ccn(Cc2c(Cl)cccc2Cl)n1)c1cccc(COc2ccc(Br)cc2)c1. The molecule has 5 nitrogen and oxygen atoms in total. The molecule has 1 N–H and O–H groups in total. The Labute approximate surface area is 204 Å². The standard InChI is InChI=1S/C24H18BrCl2N3O2/c25-18-7-9-19(10-8-18)32-15-16-3-1-4-17(13-16)24(31)28-23-11-12-30(29-23)14-20-21(26)5-2-6-22(20)27/h1-13H,14-15H2,(H,28,29,31). The van der Waals surface area contributed by atoms with Crippen LogP contribution >= 0.6 is 39.1 Å².